The van der Waals surface area contributed by atoms with Crippen LogP contribution in [-0.2, 0) is 4.79 Å². The van der Waals surface area contributed by atoms with E-state index in [0.29, 0.717) is 0 Å². The zero-order chi connectivity index (χ0) is 8.60. The fraction of sp³-hybridized carbons (Fsp3) is 0.700. The molecule has 0 aromatic carbocycles. The first-order valence-corrected chi connectivity index (χ1v) is 4.69. The van der Waals surface area contributed by atoms with Crippen LogP contribution in [0.15, 0.2) is 12.7 Å². The second kappa shape index (κ2) is 2.61. The molecule has 2 aliphatic rings. The first-order valence-electron chi connectivity index (χ1n) is 4.69. The molecular formula is C10H15NO. The highest BCUT2D eigenvalue weighted by Gasteiger charge is 2.45. The van der Waals surface area contributed by atoms with E-state index in [4.69, 9.17) is 0 Å². The minimum absolute atomic E-state index is 0.00227. The molecule has 66 valence electrons. The molecule has 1 amide bonds. The Kier molecular flexibility index (Phi) is 1.71. The Hall–Kier alpha value is -0.790. The van der Waals surface area contributed by atoms with E-state index in [1.54, 1.807) is 0 Å². The molecule has 0 spiro atoms. The van der Waals surface area contributed by atoms with Gasteiger partial charge in [-0.05, 0) is 44.1 Å². The lowest BCUT2D eigenvalue weighted by atomic mass is 9.94. The lowest BCUT2D eigenvalue weighted by molar-refractivity contribution is -0.118. The van der Waals surface area contributed by atoms with Crippen LogP contribution in [0.4, 0.5) is 0 Å². The molecule has 12 heavy (non-hydrogen) atoms. The molecule has 1 N–H and O–H groups in total. The minimum Gasteiger partial charge on any atom is -0.347 e. The van der Waals surface area contributed by atoms with Gasteiger partial charge in [-0.25, -0.2) is 0 Å². The van der Waals surface area contributed by atoms with E-state index in [0.717, 1.165) is 5.92 Å². The molecule has 0 radical (unpaired) electrons. The van der Waals surface area contributed by atoms with E-state index in [1.165, 1.54) is 38.2 Å². The molecule has 2 aliphatic carbocycles. The van der Waals surface area contributed by atoms with Crippen LogP contribution < -0.4 is 5.32 Å². The summed E-state index contributed by atoms with van der Waals surface area (Å²) in [6.07, 6.45) is 7.54. The molecule has 2 nitrogen and oxygen atoms in total. The quantitative estimate of drug-likeness (QED) is 0.619. The first kappa shape index (κ1) is 7.84. The molecule has 0 heterocycles. The van der Waals surface area contributed by atoms with Crippen molar-refractivity contribution in [2.45, 2.75) is 37.6 Å². The average Bonchev–Trinajstić information content (AvgIpc) is 2.63. The van der Waals surface area contributed by atoms with Crippen LogP contribution in [0.25, 0.3) is 0 Å². The summed E-state index contributed by atoms with van der Waals surface area (Å²) < 4.78 is 0. The number of amides is 1. The normalized spacial score (nSPS) is 38.2. The van der Waals surface area contributed by atoms with Gasteiger partial charge in [-0.2, -0.15) is 0 Å². The van der Waals surface area contributed by atoms with E-state index in [9.17, 15) is 4.79 Å². The van der Waals surface area contributed by atoms with Crippen molar-refractivity contribution in [2.75, 3.05) is 0 Å². The van der Waals surface area contributed by atoms with Gasteiger partial charge in [0.25, 0.3) is 0 Å². The summed E-state index contributed by atoms with van der Waals surface area (Å²) in [6.45, 7) is 3.47. The fourth-order valence-corrected chi connectivity index (χ4v) is 2.68. The number of carbonyl (C=O) groups is 1. The summed E-state index contributed by atoms with van der Waals surface area (Å²) in [6, 6.07) is 0. The monoisotopic (exact) mass is 165 g/mol. The van der Waals surface area contributed by atoms with Gasteiger partial charge in [0.1, 0.15) is 0 Å². The largest absolute Gasteiger partial charge is 0.347 e. The maximum atomic E-state index is 11.1. The summed E-state index contributed by atoms with van der Waals surface area (Å²) >= 11 is 0. The van der Waals surface area contributed by atoms with E-state index < -0.39 is 0 Å². The standard InChI is InChI=1S/C10H15NO/c1-2-9(12)11-10-5-3-8(7-10)4-6-10/h2,8H,1,3-7H2,(H,11,12). The van der Waals surface area contributed by atoms with Gasteiger partial charge in [0, 0.05) is 5.54 Å². The fourth-order valence-electron chi connectivity index (χ4n) is 2.68. The lowest BCUT2D eigenvalue weighted by Gasteiger charge is -2.27. The Morgan fingerprint density at radius 2 is 2.17 bits per heavy atom. The smallest absolute Gasteiger partial charge is 0.243 e. The van der Waals surface area contributed by atoms with Gasteiger partial charge in [-0.15, -0.1) is 0 Å². The second-order valence-electron chi connectivity index (χ2n) is 4.12. The van der Waals surface area contributed by atoms with Crippen molar-refractivity contribution >= 4 is 5.91 Å². The average molecular weight is 165 g/mol. The van der Waals surface area contributed by atoms with Gasteiger partial charge in [0.05, 0.1) is 0 Å². The van der Waals surface area contributed by atoms with Crippen LogP contribution >= 0.6 is 0 Å². The number of fused-ring (bicyclic) bond motifs is 2. The van der Waals surface area contributed by atoms with Crippen molar-refractivity contribution in [1.82, 2.24) is 5.32 Å². The topological polar surface area (TPSA) is 29.1 Å². The highest BCUT2D eigenvalue weighted by Crippen LogP contribution is 2.47. The van der Waals surface area contributed by atoms with Crippen molar-refractivity contribution in [3.8, 4) is 0 Å². The predicted octanol–water partition coefficient (Wildman–Crippen LogP) is 1.62. The second-order valence-corrected chi connectivity index (χ2v) is 4.12. The van der Waals surface area contributed by atoms with E-state index in [-0.39, 0.29) is 11.4 Å². The molecule has 0 aliphatic heterocycles. The SMILES string of the molecule is C=CC(=O)NC12CCC(CC1)C2. The maximum absolute atomic E-state index is 11.1. The van der Waals surface area contributed by atoms with Gasteiger partial charge in [-0.1, -0.05) is 6.58 Å². The number of carbonyl (C=O) groups excluding carboxylic acids is 1. The highest BCUT2D eigenvalue weighted by molar-refractivity contribution is 5.87. The highest BCUT2D eigenvalue weighted by atomic mass is 16.1. The van der Waals surface area contributed by atoms with Crippen molar-refractivity contribution < 1.29 is 4.79 Å². The Morgan fingerprint density at radius 1 is 1.50 bits per heavy atom. The maximum Gasteiger partial charge on any atom is 0.243 e. The van der Waals surface area contributed by atoms with Crippen molar-refractivity contribution in [3.63, 3.8) is 0 Å². The summed E-state index contributed by atoms with van der Waals surface area (Å²) in [5.74, 6) is 0.882. The third-order valence-electron chi connectivity index (χ3n) is 3.32. The molecule has 2 heteroatoms. The molecule has 2 bridgehead atoms. The van der Waals surface area contributed by atoms with E-state index >= 15 is 0 Å². The molecular weight excluding hydrogens is 150 g/mol. The molecule has 0 aromatic rings. The van der Waals surface area contributed by atoms with E-state index in [2.05, 4.69) is 11.9 Å². The molecule has 0 saturated heterocycles. The van der Waals surface area contributed by atoms with Crippen LogP contribution in [0.2, 0.25) is 0 Å². The predicted molar refractivity (Wildman–Crippen MR) is 47.6 cm³/mol. The van der Waals surface area contributed by atoms with Crippen LogP contribution in [0, 0.1) is 5.92 Å². The third-order valence-corrected chi connectivity index (χ3v) is 3.32. The Bertz CT molecular complexity index is 214. The van der Waals surface area contributed by atoms with Gasteiger partial charge in [-0.3, -0.25) is 4.79 Å². The number of hydrogen-bond acceptors (Lipinski definition) is 1. The minimum atomic E-state index is -0.00227. The zero-order valence-corrected chi connectivity index (χ0v) is 7.31. The van der Waals surface area contributed by atoms with Gasteiger partial charge >= 0.3 is 0 Å². The zero-order valence-electron chi connectivity index (χ0n) is 7.31. The van der Waals surface area contributed by atoms with Crippen LogP contribution in [0.5, 0.6) is 0 Å². The molecule has 2 fully saturated rings. The Labute approximate surface area is 73.0 Å². The van der Waals surface area contributed by atoms with Crippen LogP contribution in [0.3, 0.4) is 0 Å². The van der Waals surface area contributed by atoms with E-state index in [1.807, 2.05) is 0 Å². The summed E-state index contributed by atoms with van der Waals surface area (Å²) in [7, 11) is 0. The summed E-state index contributed by atoms with van der Waals surface area (Å²) in [5, 5.41) is 3.08. The Balaban J connectivity index is 2.02. The van der Waals surface area contributed by atoms with Crippen molar-refractivity contribution in [3.05, 3.63) is 12.7 Å². The lowest BCUT2D eigenvalue weighted by Crippen LogP contribution is -2.44. The third kappa shape index (κ3) is 1.15. The van der Waals surface area contributed by atoms with Gasteiger partial charge in [0.15, 0.2) is 0 Å². The van der Waals surface area contributed by atoms with Crippen LogP contribution in [-0.4, -0.2) is 11.4 Å². The number of rotatable bonds is 2. The van der Waals surface area contributed by atoms with Crippen LogP contribution in [0.1, 0.15) is 32.1 Å². The van der Waals surface area contributed by atoms with Crippen molar-refractivity contribution in [2.24, 2.45) is 5.92 Å². The molecule has 0 atom stereocenters. The molecule has 2 saturated carbocycles. The molecule has 0 unspecified atom stereocenters. The molecule has 2 rings (SSSR count). The summed E-state index contributed by atoms with van der Waals surface area (Å²) in [5.41, 5.74) is 0.163. The van der Waals surface area contributed by atoms with Gasteiger partial charge in [0.2, 0.25) is 5.91 Å². The van der Waals surface area contributed by atoms with Crippen molar-refractivity contribution in [1.29, 1.82) is 0 Å². The first-order chi connectivity index (χ1) is 5.74. The number of nitrogens with one attached hydrogen (secondary N) is 1. The number of hydrogen-bond donors (Lipinski definition) is 1. The summed E-state index contributed by atoms with van der Waals surface area (Å²) in [4.78, 5) is 11.1. The Morgan fingerprint density at radius 3 is 2.58 bits per heavy atom. The van der Waals surface area contributed by atoms with Gasteiger partial charge < -0.3 is 5.32 Å². The molecule has 0 aromatic heterocycles.